The minimum atomic E-state index is -0.537. The summed E-state index contributed by atoms with van der Waals surface area (Å²) in [5.41, 5.74) is 3.76. The molecule has 0 aliphatic carbocycles. The monoisotopic (exact) mass is 327 g/mol. The molecule has 0 saturated heterocycles. The van der Waals surface area contributed by atoms with Crippen LogP contribution < -0.4 is 0 Å². The Kier molecular flexibility index (Phi) is 3.81. The minimum absolute atomic E-state index is 0.509. The third-order valence-corrected chi connectivity index (χ3v) is 3.94. The van der Waals surface area contributed by atoms with Crippen molar-refractivity contribution in [1.82, 2.24) is 4.98 Å². The van der Waals surface area contributed by atoms with Crippen molar-refractivity contribution in [2.75, 3.05) is 5.33 Å². The molecule has 0 amide bonds. The van der Waals surface area contributed by atoms with Crippen molar-refractivity contribution in [1.29, 1.82) is 0 Å². The number of nitrogens with zero attached hydrogens (tertiary/aromatic N) is 1. The van der Waals surface area contributed by atoms with Crippen LogP contribution in [0.5, 0.6) is 0 Å². The number of fused-ring (bicyclic) bond motifs is 1. The van der Waals surface area contributed by atoms with E-state index in [0.29, 0.717) is 5.33 Å². The summed E-state index contributed by atoms with van der Waals surface area (Å²) in [4.78, 5) is 4.70. The standard InChI is InChI=1S/C17H14BrNO/c18-11-17(20)14-10-16(12-6-2-1-3-7-12)19-15-9-5-4-8-13(14)15/h1-10,17,20H,11H2/t17-/m0/s1. The summed E-state index contributed by atoms with van der Waals surface area (Å²) in [7, 11) is 0. The highest BCUT2D eigenvalue weighted by atomic mass is 79.9. The van der Waals surface area contributed by atoms with Gasteiger partial charge in [0, 0.05) is 16.3 Å². The number of aliphatic hydroxyl groups excluding tert-OH is 1. The normalized spacial score (nSPS) is 12.5. The van der Waals surface area contributed by atoms with E-state index in [1.165, 1.54) is 0 Å². The van der Waals surface area contributed by atoms with Gasteiger partial charge >= 0.3 is 0 Å². The van der Waals surface area contributed by atoms with Crippen LogP contribution in [0.3, 0.4) is 0 Å². The molecule has 1 heterocycles. The zero-order valence-corrected chi connectivity index (χ0v) is 12.4. The molecule has 3 heteroatoms. The molecule has 0 saturated carbocycles. The number of rotatable bonds is 3. The molecule has 1 atom stereocenters. The van der Waals surface area contributed by atoms with Gasteiger partial charge in [-0.15, -0.1) is 0 Å². The largest absolute Gasteiger partial charge is 0.388 e. The van der Waals surface area contributed by atoms with Crippen molar-refractivity contribution in [2.24, 2.45) is 0 Å². The van der Waals surface area contributed by atoms with Crippen molar-refractivity contribution < 1.29 is 5.11 Å². The highest BCUT2D eigenvalue weighted by molar-refractivity contribution is 9.09. The number of pyridine rings is 1. The fourth-order valence-corrected chi connectivity index (χ4v) is 2.67. The van der Waals surface area contributed by atoms with Crippen LogP contribution in [0.4, 0.5) is 0 Å². The topological polar surface area (TPSA) is 33.1 Å². The minimum Gasteiger partial charge on any atom is -0.388 e. The summed E-state index contributed by atoms with van der Waals surface area (Å²) in [6, 6.07) is 19.9. The third kappa shape index (κ3) is 2.47. The van der Waals surface area contributed by atoms with Crippen LogP contribution in [0.1, 0.15) is 11.7 Å². The lowest BCUT2D eigenvalue weighted by Gasteiger charge is -2.13. The average molecular weight is 328 g/mol. The molecule has 0 aliphatic rings. The number of aliphatic hydroxyl groups is 1. The lowest BCUT2D eigenvalue weighted by Crippen LogP contribution is -2.01. The summed E-state index contributed by atoms with van der Waals surface area (Å²) < 4.78 is 0. The Morgan fingerprint density at radius 2 is 1.70 bits per heavy atom. The predicted octanol–water partition coefficient (Wildman–Crippen LogP) is 4.33. The lowest BCUT2D eigenvalue weighted by atomic mass is 10.0. The van der Waals surface area contributed by atoms with E-state index in [0.717, 1.165) is 27.7 Å². The zero-order valence-electron chi connectivity index (χ0n) is 10.8. The van der Waals surface area contributed by atoms with Gasteiger partial charge in [-0.1, -0.05) is 64.5 Å². The van der Waals surface area contributed by atoms with Crippen LogP contribution in [0.15, 0.2) is 60.7 Å². The number of hydrogen-bond acceptors (Lipinski definition) is 2. The van der Waals surface area contributed by atoms with E-state index in [2.05, 4.69) is 15.9 Å². The average Bonchev–Trinajstić information content (AvgIpc) is 2.54. The number of para-hydroxylation sites is 1. The zero-order chi connectivity index (χ0) is 13.9. The highest BCUT2D eigenvalue weighted by Crippen LogP contribution is 2.29. The molecule has 100 valence electrons. The summed E-state index contributed by atoms with van der Waals surface area (Å²) in [5.74, 6) is 0. The van der Waals surface area contributed by atoms with Crippen molar-refractivity contribution in [3.8, 4) is 11.3 Å². The molecule has 0 aliphatic heterocycles. The fourth-order valence-electron chi connectivity index (χ4n) is 2.32. The van der Waals surface area contributed by atoms with Crippen LogP contribution in [0, 0.1) is 0 Å². The second-order valence-corrected chi connectivity index (χ2v) is 5.30. The summed E-state index contributed by atoms with van der Waals surface area (Å²) in [5, 5.41) is 11.7. The Bertz CT molecular complexity index is 727. The Morgan fingerprint density at radius 1 is 1.00 bits per heavy atom. The number of alkyl halides is 1. The molecule has 0 radical (unpaired) electrons. The maximum atomic E-state index is 10.2. The van der Waals surface area contributed by atoms with Gasteiger partial charge in [-0.05, 0) is 17.7 Å². The van der Waals surface area contributed by atoms with E-state index < -0.39 is 6.10 Å². The van der Waals surface area contributed by atoms with E-state index in [1.807, 2.05) is 60.7 Å². The van der Waals surface area contributed by atoms with Crippen LogP contribution in [0.2, 0.25) is 0 Å². The number of hydrogen-bond donors (Lipinski definition) is 1. The molecular formula is C17H14BrNO. The van der Waals surface area contributed by atoms with E-state index in [9.17, 15) is 5.11 Å². The van der Waals surface area contributed by atoms with Gasteiger partial charge in [-0.25, -0.2) is 4.98 Å². The smallest absolute Gasteiger partial charge is 0.0894 e. The molecule has 1 N–H and O–H groups in total. The van der Waals surface area contributed by atoms with E-state index in [1.54, 1.807) is 0 Å². The van der Waals surface area contributed by atoms with Gasteiger partial charge in [-0.2, -0.15) is 0 Å². The lowest BCUT2D eigenvalue weighted by molar-refractivity contribution is 0.207. The fraction of sp³-hybridized carbons (Fsp3) is 0.118. The van der Waals surface area contributed by atoms with Gasteiger partial charge in [0.25, 0.3) is 0 Å². The Morgan fingerprint density at radius 3 is 2.45 bits per heavy atom. The summed E-state index contributed by atoms with van der Waals surface area (Å²) >= 11 is 3.35. The van der Waals surface area contributed by atoms with Crippen LogP contribution in [0.25, 0.3) is 22.2 Å². The van der Waals surface area contributed by atoms with E-state index >= 15 is 0 Å². The Balaban J connectivity index is 2.25. The van der Waals surface area contributed by atoms with Crippen molar-refractivity contribution >= 4 is 26.8 Å². The molecule has 0 bridgehead atoms. The SMILES string of the molecule is O[C@@H](CBr)c1cc(-c2ccccc2)nc2ccccc12. The van der Waals surface area contributed by atoms with Crippen molar-refractivity contribution in [3.05, 3.63) is 66.2 Å². The molecule has 3 aromatic rings. The molecule has 0 fully saturated rings. The van der Waals surface area contributed by atoms with Gasteiger partial charge in [0.2, 0.25) is 0 Å². The van der Waals surface area contributed by atoms with E-state index in [-0.39, 0.29) is 0 Å². The third-order valence-electron chi connectivity index (χ3n) is 3.32. The number of benzene rings is 2. The van der Waals surface area contributed by atoms with Gasteiger partial charge in [0.1, 0.15) is 0 Å². The quantitative estimate of drug-likeness (QED) is 0.726. The van der Waals surface area contributed by atoms with Gasteiger partial charge in [0.15, 0.2) is 0 Å². The second-order valence-electron chi connectivity index (χ2n) is 4.65. The van der Waals surface area contributed by atoms with Crippen LogP contribution in [-0.2, 0) is 0 Å². The van der Waals surface area contributed by atoms with Crippen molar-refractivity contribution in [2.45, 2.75) is 6.10 Å². The molecule has 0 spiro atoms. The molecule has 2 aromatic carbocycles. The number of halogens is 1. The first-order valence-electron chi connectivity index (χ1n) is 6.48. The second kappa shape index (κ2) is 5.73. The van der Waals surface area contributed by atoms with Crippen molar-refractivity contribution in [3.63, 3.8) is 0 Å². The first kappa shape index (κ1) is 13.3. The predicted molar refractivity (Wildman–Crippen MR) is 85.9 cm³/mol. The first-order valence-corrected chi connectivity index (χ1v) is 7.61. The summed E-state index contributed by atoms with van der Waals surface area (Å²) in [6.07, 6.45) is -0.537. The molecule has 2 nitrogen and oxygen atoms in total. The number of aromatic nitrogens is 1. The van der Waals surface area contributed by atoms with Gasteiger partial charge < -0.3 is 5.11 Å². The maximum absolute atomic E-state index is 10.2. The van der Waals surface area contributed by atoms with Gasteiger partial charge in [-0.3, -0.25) is 0 Å². The van der Waals surface area contributed by atoms with Gasteiger partial charge in [0.05, 0.1) is 17.3 Å². The molecular weight excluding hydrogens is 314 g/mol. The molecule has 0 unspecified atom stereocenters. The van der Waals surface area contributed by atoms with Crippen LogP contribution >= 0.6 is 15.9 Å². The molecule has 1 aromatic heterocycles. The van der Waals surface area contributed by atoms with Crippen LogP contribution in [-0.4, -0.2) is 15.4 Å². The molecule has 20 heavy (non-hydrogen) atoms. The molecule has 3 rings (SSSR count). The summed E-state index contributed by atoms with van der Waals surface area (Å²) in [6.45, 7) is 0. The maximum Gasteiger partial charge on any atom is 0.0894 e. The Labute approximate surface area is 126 Å². The highest BCUT2D eigenvalue weighted by Gasteiger charge is 2.13. The first-order chi connectivity index (χ1) is 9.79. The van der Waals surface area contributed by atoms with E-state index in [4.69, 9.17) is 4.98 Å². The Hall–Kier alpha value is -1.71.